The maximum atomic E-state index is 13.0. The summed E-state index contributed by atoms with van der Waals surface area (Å²) in [6.07, 6.45) is 8.05. The maximum Gasteiger partial charge on any atom is 0.340 e. The standard InChI is InChI=1S/C19H30F4N2OS/c1-24-18(26-14-19(22,23)17(20)21)27-16-8-5-11-25(13-10-16)12-9-15-6-3-2-4-7-15/h8,15,17H,2-7,9-14H2,1H3. The first-order valence-electron chi connectivity index (χ1n) is 9.75. The number of rotatable bonds is 7. The average Bonchev–Trinajstić information content (AvgIpc) is 2.89. The summed E-state index contributed by atoms with van der Waals surface area (Å²) in [5, 5.41) is 0.0113. The number of halogens is 4. The van der Waals surface area contributed by atoms with Crippen molar-refractivity contribution in [1.82, 2.24) is 4.90 Å². The van der Waals surface area contributed by atoms with E-state index in [0.717, 1.165) is 55.1 Å². The zero-order valence-corrected chi connectivity index (χ0v) is 16.8. The number of hydrogen-bond donors (Lipinski definition) is 0. The van der Waals surface area contributed by atoms with Crippen molar-refractivity contribution in [3.05, 3.63) is 11.0 Å². The van der Waals surface area contributed by atoms with Gasteiger partial charge in [-0.05, 0) is 48.4 Å². The molecule has 0 bridgehead atoms. The van der Waals surface area contributed by atoms with Gasteiger partial charge >= 0.3 is 12.3 Å². The van der Waals surface area contributed by atoms with Crippen molar-refractivity contribution in [1.29, 1.82) is 0 Å². The van der Waals surface area contributed by atoms with E-state index in [0.29, 0.717) is 0 Å². The summed E-state index contributed by atoms with van der Waals surface area (Å²) in [6.45, 7) is 1.64. The highest BCUT2D eigenvalue weighted by Gasteiger charge is 2.42. The Morgan fingerprint density at radius 3 is 2.70 bits per heavy atom. The first kappa shape index (κ1) is 22.5. The molecule has 27 heavy (non-hydrogen) atoms. The highest BCUT2D eigenvalue weighted by atomic mass is 32.2. The Labute approximate surface area is 163 Å². The van der Waals surface area contributed by atoms with E-state index in [1.807, 2.05) is 0 Å². The molecule has 0 spiro atoms. The van der Waals surface area contributed by atoms with Gasteiger partial charge in [-0.3, -0.25) is 0 Å². The number of alkyl halides is 4. The normalized spacial score (nSPS) is 21.3. The predicted molar refractivity (Wildman–Crippen MR) is 103 cm³/mol. The van der Waals surface area contributed by atoms with Gasteiger partial charge in [0.15, 0.2) is 6.61 Å². The van der Waals surface area contributed by atoms with Crippen molar-refractivity contribution < 1.29 is 22.3 Å². The molecule has 0 radical (unpaired) electrons. The molecule has 0 aromatic heterocycles. The summed E-state index contributed by atoms with van der Waals surface area (Å²) in [4.78, 5) is 7.26. The van der Waals surface area contributed by atoms with Crippen LogP contribution in [0, 0.1) is 5.92 Å². The van der Waals surface area contributed by atoms with E-state index in [9.17, 15) is 17.6 Å². The molecule has 1 heterocycles. The topological polar surface area (TPSA) is 24.8 Å². The molecule has 0 saturated heterocycles. The predicted octanol–water partition coefficient (Wildman–Crippen LogP) is 5.57. The van der Waals surface area contributed by atoms with Crippen molar-refractivity contribution in [2.45, 2.75) is 63.7 Å². The van der Waals surface area contributed by atoms with Crippen LogP contribution in [0.25, 0.3) is 0 Å². The molecule has 0 amide bonds. The first-order valence-corrected chi connectivity index (χ1v) is 10.6. The van der Waals surface area contributed by atoms with E-state index < -0.39 is 19.0 Å². The summed E-state index contributed by atoms with van der Waals surface area (Å²) in [5.74, 6) is -3.31. The Bertz CT molecular complexity index is 508. The third kappa shape index (κ3) is 8.02. The molecule has 1 aliphatic heterocycles. The molecule has 0 atom stereocenters. The Hall–Kier alpha value is -0.760. The molecule has 8 heteroatoms. The van der Waals surface area contributed by atoms with Gasteiger partial charge < -0.3 is 9.64 Å². The lowest BCUT2D eigenvalue weighted by atomic mass is 9.87. The second-order valence-electron chi connectivity index (χ2n) is 7.29. The van der Waals surface area contributed by atoms with Crippen LogP contribution in [0.1, 0.15) is 51.4 Å². The van der Waals surface area contributed by atoms with Crippen molar-refractivity contribution >= 4 is 17.0 Å². The van der Waals surface area contributed by atoms with Crippen molar-refractivity contribution in [3.8, 4) is 0 Å². The minimum Gasteiger partial charge on any atom is -0.466 e. The number of thioether (sulfide) groups is 1. The Kier molecular flexibility index (Phi) is 9.42. The molecule has 156 valence electrons. The largest absolute Gasteiger partial charge is 0.466 e. The van der Waals surface area contributed by atoms with Gasteiger partial charge in [0.2, 0.25) is 5.23 Å². The second kappa shape index (κ2) is 11.3. The quantitative estimate of drug-likeness (QED) is 0.311. The Morgan fingerprint density at radius 1 is 1.30 bits per heavy atom. The SMILES string of the molecule is CN=C(OCC(F)(F)C(F)F)SC1=CCCN(CCC2CCCCC2)CC1. The summed E-state index contributed by atoms with van der Waals surface area (Å²) in [7, 11) is 1.41. The molecule has 1 aliphatic carbocycles. The highest BCUT2D eigenvalue weighted by molar-refractivity contribution is 8.16. The van der Waals surface area contributed by atoms with Gasteiger partial charge in [-0.25, -0.2) is 13.8 Å². The molecule has 1 saturated carbocycles. The molecule has 0 aromatic carbocycles. The molecule has 1 fully saturated rings. The molecule has 0 aromatic rings. The fraction of sp³-hybridized carbons (Fsp3) is 0.842. The van der Waals surface area contributed by atoms with Gasteiger partial charge in [0.05, 0.1) is 0 Å². The van der Waals surface area contributed by atoms with Crippen molar-refractivity contribution in [2.75, 3.05) is 33.3 Å². The van der Waals surface area contributed by atoms with Crippen LogP contribution in [-0.4, -0.2) is 55.8 Å². The van der Waals surface area contributed by atoms with Gasteiger partial charge in [-0.15, -0.1) is 0 Å². The van der Waals surface area contributed by atoms with Crippen LogP contribution < -0.4 is 0 Å². The lowest BCUT2D eigenvalue weighted by Gasteiger charge is -2.26. The van der Waals surface area contributed by atoms with Crippen LogP contribution in [-0.2, 0) is 4.74 Å². The van der Waals surface area contributed by atoms with Gasteiger partial charge in [0, 0.05) is 20.1 Å². The Balaban J connectivity index is 1.73. The van der Waals surface area contributed by atoms with Gasteiger partial charge in [0.25, 0.3) is 0 Å². The maximum absolute atomic E-state index is 13.0. The monoisotopic (exact) mass is 410 g/mol. The number of aliphatic imine (C=N–C) groups is 1. The minimum absolute atomic E-state index is 0.0113. The summed E-state index contributed by atoms with van der Waals surface area (Å²) in [5.41, 5.74) is 0. The van der Waals surface area contributed by atoms with Crippen LogP contribution in [0.4, 0.5) is 17.6 Å². The van der Waals surface area contributed by atoms with Crippen molar-refractivity contribution in [2.24, 2.45) is 10.9 Å². The average molecular weight is 411 g/mol. The molecule has 3 nitrogen and oxygen atoms in total. The molecule has 0 N–H and O–H groups in total. The highest BCUT2D eigenvalue weighted by Crippen LogP contribution is 2.29. The van der Waals surface area contributed by atoms with E-state index in [1.54, 1.807) is 0 Å². The fourth-order valence-corrected chi connectivity index (χ4v) is 4.35. The van der Waals surface area contributed by atoms with Crippen LogP contribution in [0.5, 0.6) is 0 Å². The molecule has 2 aliphatic rings. The lowest BCUT2D eigenvalue weighted by molar-refractivity contribution is -0.149. The van der Waals surface area contributed by atoms with Crippen LogP contribution in [0.3, 0.4) is 0 Å². The first-order chi connectivity index (χ1) is 12.9. The third-order valence-electron chi connectivity index (χ3n) is 5.18. The van der Waals surface area contributed by atoms with Crippen molar-refractivity contribution in [3.63, 3.8) is 0 Å². The lowest BCUT2D eigenvalue weighted by Crippen LogP contribution is -2.33. The Morgan fingerprint density at radius 2 is 2.04 bits per heavy atom. The minimum atomic E-state index is -4.16. The van der Waals surface area contributed by atoms with Crippen LogP contribution in [0.15, 0.2) is 16.0 Å². The third-order valence-corrected chi connectivity index (χ3v) is 6.29. The van der Waals surface area contributed by atoms with E-state index >= 15 is 0 Å². The van der Waals surface area contributed by atoms with E-state index in [4.69, 9.17) is 4.74 Å². The smallest absolute Gasteiger partial charge is 0.340 e. The van der Waals surface area contributed by atoms with Gasteiger partial charge in [-0.1, -0.05) is 38.2 Å². The molecular formula is C19H30F4N2OS. The number of ether oxygens (including phenoxy) is 1. The summed E-state index contributed by atoms with van der Waals surface area (Å²) in [6, 6.07) is 0. The second-order valence-corrected chi connectivity index (χ2v) is 8.36. The fourth-order valence-electron chi connectivity index (χ4n) is 3.52. The van der Waals surface area contributed by atoms with E-state index in [-0.39, 0.29) is 5.23 Å². The van der Waals surface area contributed by atoms with Crippen LogP contribution >= 0.6 is 11.8 Å². The number of nitrogens with zero attached hydrogens (tertiary/aromatic N) is 2. The van der Waals surface area contributed by atoms with Crippen LogP contribution in [0.2, 0.25) is 0 Å². The van der Waals surface area contributed by atoms with Gasteiger partial charge in [-0.2, -0.15) is 8.78 Å². The molecule has 0 unspecified atom stereocenters. The zero-order chi connectivity index (χ0) is 19.7. The van der Waals surface area contributed by atoms with E-state index in [2.05, 4.69) is 16.0 Å². The van der Waals surface area contributed by atoms with E-state index in [1.165, 1.54) is 45.6 Å². The molecular weight excluding hydrogens is 380 g/mol. The van der Waals surface area contributed by atoms with Gasteiger partial charge in [0.1, 0.15) is 0 Å². The number of hydrogen-bond acceptors (Lipinski definition) is 4. The zero-order valence-electron chi connectivity index (χ0n) is 15.9. The summed E-state index contributed by atoms with van der Waals surface area (Å²) < 4.78 is 55.3. The molecule has 2 rings (SSSR count). The summed E-state index contributed by atoms with van der Waals surface area (Å²) >= 11 is 1.16.